The molecule has 1 saturated carbocycles. The van der Waals surface area contributed by atoms with Crippen LogP contribution >= 0.6 is 0 Å². The standard InChI is InChI=1S/C20H24N2/c1-14-19(15-12-13-15)21-18-11-7-6-10-17(18)20(14)22(2)16-8-4-3-5-9-16/h3-11,14-15,19-21H,12-13H2,1-2H3/t14-,19+,20+/m0/s1. The minimum absolute atomic E-state index is 0.436. The second kappa shape index (κ2) is 5.35. The number of anilines is 2. The van der Waals surface area contributed by atoms with E-state index in [1.54, 1.807) is 0 Å². The molecule has 0 radical (unpaired) electrons. The molecule has 3 atom stereocenters. The number of rotatable bonds is 3. The highest BCUT2D eigenvalue weighted by molar-refractivity contribution is 5.60. The molecular formula is C20H24N2. The average molecular weight is 292 g/mol. The Morgan fingerprint density at radius 2 is 1.64 bits per heavy atom. The largest absolute Gasteiger partial charge is 0.381 e. The molecule has 0 saturated heterocycles. The second-order valence-electron chi connectivity index (χ2n) is 6.85. The lowest BCUT2D eigenvalue weighted by atomic mass is 9.80. The number of hydrogen-bond donors (Lipinski definition) is 1. The van der Waals surface area contributed by atoms with Crippen molar-refractivity contribution < 1.29 is 0 Å². The summed E-state index contributed by atoms with van der Waals surface area (Å²) >= 11 is 0. The van der Waals surface area contributed by atoms with Gasteiger partial charge in [-0.05, 0) is 42.5 Å². The molecule has 2 nitrogen and oxygen atoms in total. The van der Waals surface area contributed by atoms with Crippen LogP contribution in [-0.4, -0.2) is 13.1 Å². The van der Waals surface area contributed by atoms with Crippen molar-refractivity contribution in [1.29, 1.82) is 0 Å². The van der Waals surface area contributed by atoms with Gasteiger partial charge in [0, 0.05) is 30.4 Å². The van der Waals surface area contributed by atoms with Crippen LogP contribution in [0.3, 0.4) is 0 Å². The Morgan fingerprint density at radius 1 is 0.955 bits per heavy atom. The van der Waals surface area contributed by atoms with E-state index in [0.29, 0.717) is 18.0 Å². The van der Waals surface area contributed by atoms with Crippen LogP contribution in [0.2, 0.25) is 0 Å². The highest BCUT2D eigenvalue weighted by Crippen LogP contribution is 2.48. The molecule has 0 spiro atoms. The summed E-state index contributed by atoms with van der Waals surface area (Å²) in [5, 5.41) is 3.82. The van der Waals surface area contributed by atoms with Crippen LogP contribution in [0, 0.1) is 11.8 Å². The molecule has 0 aromatic heterocycles. The van der Waals surface area contributed by atoms with Crippen LogP contribution in [-0.2, 0) is 0 Å². The zero-order valence-corrected chi connectivity index (χ0v) is 13.4. The van der Waals surface area contributed by atoms with Crippen molar-refractivity contribution in [2.45, 2.75) is 31.8 Å². The number of fused-ring (bicyclic) bond motifs is 1. The van der Waals surface area contributed by atoms with Crippen molar-refractivity contribution in [3.63, 3.8) is 0 Å². The Hall–Kier alpha value is -1.96. The van der Waals surface area contributed by atoms with E-state index in [4.69, 9.17) is 0 Å². The first-order chi connectivity index (χ1) is 10.8. The lowest BCUT2D eigenvalue weighted by molar-refractivity contribution is 0.352. The van der Waals surface area contributed by atoms with E-state index >= 15 is 0 Å². The molecule has 2 aliphatic rings. The maximum Gasteiger partial charge on any atom is 0.0604 e. The summed E-state index contributed by atoms with van der Waals surface area (Å²) in [6.07, 6.45) is 2.76. The van der Waals surface area contributed by atoms with E-state index in [9.17, 15) is 0 Å². The van der Waals surface area contributed by atoms with Crippen molar-refractivity contribution >= 4 is 11.4 Å². The Morgan fingerprint density at radius 3 is 2.36 bits per heavy atom. The number of para-hydroxylation sites is 2. The zero-order valence-electron chi connectivity index (χ0n) is 13.4. The van der Waals surface area contributed by atoms with Gasteiger partial charge in [0.2, 0.25) is 0 Å². The molecule has 114 valence electrons. The minimum Gasteiger partial charge on any atom is -0.381 e. The van der Waals surface area contributed by atoms with E-state index in [2.05, 4.69) is 78.8 Å². The first-order valence-corrected chi connectivity index (χ1v) is 8.39. The molecule has 0 amide bonds. The minimum atomic E-state index is 0.436. The first-order valence-electron chi connectivity index (χ1n) is 8.39. The molecule has 1 aliphatic carbocycles. The van der Waals surface area contributed by atoms with Gasteiger partial charge in [-0.1, -0.05) is 43.3 Å². The third kappa shape index (κ3) is 2.27. The van der Waals surface area contributed by atoms with Gasteiger partial charge in [-0.15, -0.1) is 0 Å². The van der Waals surface area contributed by atoms with Crippen LogP contribution in [0.1, 0.15) is 31.4 Å². The molecule has 0 bridgehead atoms. The van der Waals surface area contributed by atoms with E-state index in [-0.39, 0.29) is 0 Å². The summed E-state index contributed by atoms with van der Waals surface area (Å²) in [7, 11) is 2.24. The van der Waals surface area contributed by atoms with Gasteiger partial charge in [0.1, 0.15) is 0 Å². The Balaban J connectivity index is 1.75. The average Bonchev–Trinajstić information content (AvgIpc) is 3.39. The van der Waals surface area contributed by atoms with Gasteiger partial charge in [-0.3, -0.25) is 0 Å². The molecule has 0 unspecified atom stereocenters. The summed E-state index contributed by atoms with van der Waals surface area (Å²) in [5.74, 6) is 1.46. The lowest BCUT2D eigenvalue weighted by Crippen LogP contribution is -2.44. The van der Waals surface area contributed by atoms with Gasteiger partial charge in [0.05, 0.1) is 6.04 Å². The molecule has 2 heteroatoms. The molecule has 2 aromatic carbocycles. The molecule has 1 aliphatic heterocycles. The van der Waals surface area contributed by atoms with E-state index in [1.807, 2.05) is 0 Å². The molecule has 1 fully saturated rings. The van der Waals surface area contributed by atoms with Crippen molar-refractivity contribution in [3.8, 4) is 0 Å². The summed E-state index contributed by atoms with van der Waals surface area (Å²) in [6, 6.07) is 20.6. The van der Waals surface area contributed by atoms with Crippen LogP contribution in [0.15, 0.2) is 54.6 Å². The summed E-state index contributed by atoms with van der Waals surface area (Å²) in [4.78, 5) is 2.46. The third-order valence-electron chi connectivity index (χ3n) is 5.38. The number of hydrogen-bond acceptors (Lipinski definition) is 2. The van der Waals surface area contributed by atoms with Gasteiger partial charge in [-0.2, -0.15) is 0 Å². The quantitative estimate of drug-likeness (QED) is 0.881. The maximum atomic E-state index is 3.82. The maximum absolute atomic E-state index is 3.82. The number of benzene rings is 2. The topological polar surface area (TPSA) is 15.3 Å². The predicted octanol–water partition coefficient (Wildman–Crippen LogP) is 4.70. The summed E-state index contributed by atoms with van der Waals surface area (Å²) in [5.41, 5.74) is 4.05. The number of nitrogens with zero attached hydrogens (tertiary/aromatic N) is 1. The van der Waals surface area contributed by atoms with Gasteiger partial charge in [-0.25, -0.2) is 0 Å². The van der Waals surface area contributed by atoms with Crippen molar-refractivity contribution in [2.75, 3.05) is 17.3 Å². The fourth-order valence-corrected chi connectivity index (χ4v) is 4.06. The monoisotopic (exact) mass is 292 g/mol. The van der Waals surface area contributed by atoms with Crippen molar-refractivity contribution in [3.05, 3.63) is 60.2 Å². The van der Waals surface area contributed by atoms with Crippen molar-refractivity contribution in [1.82, 2.24) is 0 Å². The smallest absolute Gasteiger partial charge is 0.0604 e. The highest BCUT2D eigenvalue weighted by atomic mass is 15.2. The fourth-order valence-electron chi connectivity index (χ4n) is 4.06. The fraction of sp³-hybridized carbons (Fsp3) is 0.400. The summed E-state index contributed by atoms with van der Waals surface area (Å²) < 4.78 is 0. The Kier molecular flexibility index (Phi) is 3.33. The van der Waals surface area contributed by atoms with Crippen molar-refractivity contribution in [2.24, 2.45) is 11.8 Å². The third-order valence-corrected chi connectivity index (χ3v) is 5.38. The predicted molar refractivity (Wildman–Crippen MR) is 93.3 cm³/mol. The van der Waals surface area contributed by atoms with E-state index in [1.165, 1.54) is 29.8 Å². The Bertz CT molecular complexity index is 648. The lowest BCUT2D eigenvalue weighted by Gasteiger charge is -2.44. The zero-order chi connectivity index (χ0) is 15.1. The van der Waals surface area contributed by atoms with Crippen LogP contribution in [0.5, 0.6) is 0 Å². The van der Waals surface area contributed by atoms with Gasteiger partial charge in [0.25, 0.3) is 0 Å². The van der Waals surface area contributed by atoms with Gasteiger partial charge < -0.3 is 10.2 Å². The van der Waals surface area contributed by atoms with E-state index < -0.39 is 0 Å². The van der Waals surface area contributed by atoms with E-state index in [0.717, 1.165) is 5.92 Å². The van der Waals surface area contributed by atoms with Crippen LogP contribution in [0.25, 0.3) is 0 Å². The van der Waals surface area contributed by atoms with Gasteiger partial charge in [0.15, 0.2) is 0 Å². The van der Waals surface area contributed by atoms with Crippen LogP contribution in [0.4, 0.5) is 11.4 Å². The van der Waals surface area contributed by atoms with Crippen LogP contribution < -0.4 is 10.2 Å². The molecule has 22 heavy (non-hydrogen) atoms. The molecule has 1 N–H and O–H groups in total. The number of nitrogens with one attached hydrogen (secondary N) is 1. The summed E-state index contributed by atoms with van der Waals surface area (Å²) in [6.45, 7) is 2.41. The first kappa shape index (κ1) is 13.7. The molecule has 4 rings (SSSR count). The molecule has 1 heterocycles. The highest BCUT2D eigenvalue weighted by Gasteiger charge is 2.43. The Labute approximate surface area is 133 Å². The molecule has 2 aromatic rings. The normalized spacial score (nSPS) is 26.9. The molecular weight excluding hydrogens is 268 g/mol. The van der Waals surface area contributed by atoms with Gasteiger partial charge >= 0.3 is 0 Å². The second-order valence-corrected chi connectivity index (χ2v) is 6.85. The SMILES string of the molecule is C[C@H]1[C@H](C2CC2)Nc2ccccc2[C@@H]1N(C)c1ccccc1.